The molecule has 2 aromatic carbocycles. The molecule has 156 valence electrons. The average molecular weight is 468 g/mol. The minimum absolute atomic E-state index is 0.0574. The van der Waals surface area contributed by atoms with Gasteiger partial charge in [0.25, 0.3) is 5.91 Å². The summed E-state index contributed by atoms with van der Waals surface area (Å²) in [4.78, 5) is 24.2. The van der Waals surface area contributed by atoms with Crippen molar-refractivity contribution in [1.29, 1.82) is 0 Å². The number of aryl methyl sites for hydroxylation is 1. The fraction of sp³-hybridized carbons (Fsp3) is 0.143. The van der Waals surface area contributed by atoms with Gasteiger partial charge in [-0.05, 0) is 55.0 Å². The maximum atomic E-state index is 12.2. The lowest BCUT2D eigenvalue weighted by Crippen LogP contribution is -2.32. The third-order valence-electron chi connectivity index (χ3n) is 4.01. The number of furan rings is 1. The summed E-state index contributed by atoms with van der Waals surface area (Å²) in [5.74, 6) is 0.00174. The van der Waals surface area contributed by atoms with Gasteiger partial charge in [-0.2, -0.15) is 0 Å². The van der Waals surface area contributed by atoms with Crippen LogP contribution in [0, 0.1) is 6.92 Å². The van der Waals surface area contributed by atoms with E-state index in [2.05, 4.69) is 10.6 Å². The number of carbonyl (C=O) groups excluding carboxylic acids is 2. The molecule has 6 nitrogen and oxygen atoms in total. The molecule has 0 saturated heterocycles. The van der Waals surface area contributed by atoms with Crippen LogP contribution in [0.2, 0.25) is 15.1 Å². The summed E-state index contributed by atoms with van der Waals surface area (Å²) in [5.41, 5.74) is 1.45. The zero-order valence-electron chi connectivity index (χ0n) is 15.8. The second-order valence-corrected chi connectivity index (χ2v) is 7.58. The van der Waals surface area contributed by atoms with Crippen LogP contribution in [0.3, 0.4) is 0 Å². The van der Waals surface area contributed by atoms with Crippen molar-refractivity contribution in [2.24, 2.45) is 0 Å². The SMILES string of the molecule is Cc1ccc(NC(=O)CNC(=O)c2ccc(COc3ccc(Cl)cc3Cl)o2)cc1Cl. The highest BCUT2D eigenvalue weighted by atomic mass is 35.5. The van der Waals surface area contributed by atoms with Crippen LogP contribution in [-0.2, 0) is 11.4 Å². The van der Waals surface area contributed by atoms with Crippen molar-refractivity contribution in [3.8, 4) is 5.75 Å². The molecular formula is C21H17Cl3N2O4. The average Bonchev–Trinajstić information content (AvgIpc) is 3.17. The number of amides is 2. The van der Waals surface area contributed by atoms with Crippen molar-refractivity contribution in [2.75, 3.05) is 11.9 Å². The smallest absolute Gasteiger partial charge is 0.287 e. The van der Waals surface area contributed by atoms with Gasteiger partial charge < -0.3 is 19.8 Å². The van der Waals surface area contributed by atoms with E-state index >= 15 is 0 Å². The summed E-state index contributed by atoms with van der Waals surface area (Å²) in [7, 11) is 0. The van der Waals surface area contributed by atoms with E-state index in [9.17, 15) is 9.59 Å². The fourth-order valence-corrected chi connectivity index (χ4v) is 3.09. The Hall–Kier alpha value is -2.67. The van der Waals surface area contributed by atoms with Crippen LogP contribution in [0.15, 0.2) is 52.9 Å². The Kier molecular flexibility index (Phi) is 7.26. The first kappa shape index (κ1) is 22.0. The lowest BCUT2D eigenvalue weighted by molar-refractivity contribution is -0.115. The van der Waals surface area contributed by atoms with Gasteiger partial charge in [0.1, 0.15) is 18.1 Å². The summed E-state index contributed by atoms with van der Waals surface area (Å²) < 4.78 is 11.0. The van der Waals surface area contributed by atoms with E-state index in [1.54, 1.807) is 42.5 Å². The summed E-state index contributed by atoms with van der Waals surface area (Å²) in [6.07, 6.45) is 0. The molecule has 2 amide bonds. The number of halogens is 3. The monoisotopic (exact) mass is 466 g/mol. The second kappa shape index (κ2) is 9.89. The molecule has 1 aromatic heterocycles. The molecule has 0 bridgehead atoms. The van der Waals surface area contributed by atoms with Crippen molar-refractivity contribution in [3.63, 3.8) is 0 Å². The molecular weight excluding hydrogens is 451 g/mol. The molecule has 30 heavy (non-hydrogen) atoms. The van der Waals surface area contributed by atoms with Gasteiger partial charge in [0.05, 0.1) is 11.6 Å². The van der Waals surface area contributed by atoms with Crippen molar-refractivity contribution in [1.82, 2.24) is 5.32 Å². The van der Waals surface area contributed by atoms with Gasteiger partial charge in [0, 0.05) is 15.7 Å². The largest absolute Gasteiger partial charge is 0.484 e. The van der Waals surface area contributed by atoms with Crippen LogP contribution < -0.4 is 15.4 Å². The maximum Gasteiger partial charge on any atom is 0.287 e. The van der Waals surface area contributed by atoms with Crippen LogP contribution in [0.5, 0.6) is 5.75 Å². The predicted octanol–water partition coefficient (Wildman–Crippen LogP) is 5.50. The quantitative estimate of drug-likeness (QED) is 0.481. The first-order valence-corrected chi connectivity index (χ1v) is 9.96. The molecule has 0 radical (unpaired) electrons. The first-order valence-electron chi connectivity index (χ1n) is 8.82. The highest BCUT2D eigenvalue weighted by Crippen LogP contribution is 2.28. The standard InChI is InChI=1S/C21H17Cl3N2O4/c1-12-2-4-14(9-16(12)23)26-20(27)10-25-21(28)19-7-5-15(30-19)11-29-18-6-3-13(22)8-17(18)24/h2-9H,10-11H2,1H3,(H,25,28)(H,26,27). The van der Waals surface area contributed by atoms with E-state index in [1.165, 1.54) is 6.07 Å². The second-order valence-electron chi connectivity index (χ2n) is 6.32. The van der Waals surface area contributed by atoms with Gasteiger partial charge in [-0.1, -0.05) is 40.9 Å². The third-order valence-corrected chi connectivity index (χ3v) is 4.95. The Morgan fingerprint density at radius 3 is 2.53 bits per heavy atom. The van der Waals surface area contributed by atoms with Crippen LogP contribution >= 0.6 is 34.8 Å². The molecule has 0 aliphatic rings. The normalized spacial score (nSPS) is 10.5. The van der Waals surface area contributed by atoms with E-state index in [4.69, 9.17) is 44.0 Å². The number of nitrogens with one attached hydrogen (secondary N) is 2. The Balaban J connectivity index is 1.49. The van der Waals surface area contributed by atoms with E-state index in [-0.39, 0.29) is 18.9 Å². The molecule has 1 heterocycles. The van der Waals surface area contributed by atoms with Gasteiger partial charge in [0.15, 0.2) is 5.76 Å². The minimum Gasteiger partial charge on any atom is -0.484 e. The minimum atomic E-state index is -0.525. The predicted molar refractivity (Wildman–Crippen MR) is 117 cm³/mol. The summed E-state index contributed by atoms with van der Waals surface area (Å²) in [5, 5.41) is 6.56. The molecule has 9 heteroatoms. The van der Waals surface area contributed by atoms with Crippen molar-refractivity contribution in [2.45, 2.75) is 13.5 Å². The molecule has 3 rings (SSSR count). The first-order chi connectivity index (χ1) is 14.3. The van der Waals surface area contributed by atoms with E-state index < -0.39 is 11.8 Å². The highest BCUT2D eigenvalue weighted by Gasteiger charge is 2.14. The Labute approximate surface area is 188 Å². The number of carbonyl (C=O) groups is 2. The van der Waals surface area contributed by atoms with Crippen molar-refractivity contribution in [3.05, 3.63) is 80.7 Å². The lowest BCUT2D eigenvalue weighted by Gasteiger charge is -2.08. The highest BCUT2D eigenvalue weighted by molar-refractivity contribution is 6.35. The van der Waals surface area contributed by atoms with Crippen molar-refractivity contribution >= 4 is 52.3 Å². The van der Waals surface area contributed by atoms with Crippen LogP contribution in [-0.4, -0.2) is 18.4 Å². The van der Waals surface area contributed by atoms with Crippen LogP contribution in [0.1, 0.15) is 21.9 Å². The number of hydrogen-bond donors (Lipinski definition) is 2. The number of anilines is 1. The number of hydrogen-bond acceptors (Lipinski definition) is 4. The summed E-state index contributed by atoms with van der Waals surface area (Å²) in [6.45, 7) is 1.71. The number of ether oxygens (including phenoxy) is 1. The molecule has 0 fully saturated rings. The molecule has 0 aliphatic heterocycles. The Morgan fingerprint density at radius 1 is 1.00 bits per heavy atom. The van der Waals surface area contributed by atoms with E-state index in [0.717, 1.165) is 5.56 Å². The fourth-order valence-electron chi connectivity index (χ4n) is 2.44. The molecule has 2 N–H and O–H groups in total. The molecule has 0 atom stereocenters. The van der Waals surface area contributed by atoms with Gasteiger partial charge >= 0.3 is 0 Å². The molecule has 3 aromatic rings. The molecule has 0 aliphatic carbocycles. The zero-order valence-corrected chi connectivity index (χ0v) is 18.1. The summed E-state index contributed by atoms with van der Waals surface area (Å²) in [6, 6.07) is 13.1. The van der Waals surface area contributed by atoms with E-state index in [1.807, 2.05) is 6.92 Å². The lowest BCUT2D eigenvalue weighted by atomic mass is 10.2. The third kappa shape index (κ3) is 5.92. The molecule has 0 unspecified atom stereocenters. The Morgan fingerprint density at radius 2 is 1.80 bits per heavy atom. The Bertz CT molecular complexity index is 1080. The maximum absolute atomic E-state index is 12.2. The van der Waals surface area contributed by atoms with E-state index in [0.29, 0.717) is 32.3 Å². The topological polar surface area (TPSA) is 80.6 Å². The molecule has 0 spiro atoms. The summed E-state index contributed by atoms with van der Waals surface area (Å²) >= 11 is 17.9. The number of rotatable bonds is 7. The van der Waals surface area contributed by atoms with Gasteiger partial charge in [-0.15, -0.1) is 0 Å². The van der Waals surface area contributed by atoms with Crippen LogP contribution in [0.25, 0.3) is 0 Å². The zero-order chi connectivity index (χ0) is 21.7. The van der Waals surface area contributed by atoms with Gasteiger partial charge in [0.2, 0.25) is 5.91 Å². The van der Waals surface area contributed by atoms with Crippen molar-refractivity contribution < 1.29 is 18.7 Å². The van der Waals surface area contributed by atoms with Crippen LogP contribution in [0.4, 0.5) is 5.69 Å². The van der Waals surface area contributed by atoms with Gasteiger partial charge in [-0.25, -0.2) is 0 Å². The number of benzene rings is 2. The molecule has 0 saturated carbocycles. The van der Waals surface area contributed by atoms with Gasteiger partial charge in [-0.3, -0.25) is 9.59 Å².